The van der Waals surface area contributed by atoms with E-state index in [1.165, 1.54) is 57.4 Å². The Morgan fingerprint density at radius 2 is 1.32 bits per heavy atom. The Hall–Kier alpha value is -0.920. The predicted octanol–water partition coefficient (Wildman–Crippen LogP) is 0.408. The molecule has 0 aromatic heterocycles. The van der Waals surface area contributed by atoms with Crippen LogP contribution in [0, 0.1) is 0 Å². The summed E-state index contributed by atoms with van der Waals surface area (Å²) in [5.74, 6) is 0. The van der Waals surface area contributed by atoms with E-state index in [0.29, 0.717) is 6.42 Å². The van der Waals surface area contributed by atoms with E-state index in [4.69, 9.17) is 4.52 Å². The molecule has 0 bridgehead atoms. The topological polar surface area (TPSA) is 209 Å². The van der Waals surface area contributed by atoms with E-state index in [-0.39, 0.29) is 6.41 Å². The van der Waals surface area contributed by atoms with Crippen LogP contribution in [0.5, 0.6) is 0 Å². The fourth-order valence-electron chi connectivity index (χ4n) is 4.30. The van der Waals surface area contributed by atoms with E-state index in [1.807, 2.05) is 0 Å². The summed E-state index contributed by atoms with van der Waals surface area (Å²) in [5, 5.41) is 61.4. The van der Waals surface area contributed by atoms with Gasteiger partial charge in [0.05, 0.1) is 18.8 Å². The summed E-state index contributed by atoms with van der Waals surface area (Å²) in [5.41, 5.74) is 0. The monoisotopic (exact) mass is 568 g/mol. The number of amides is 1. The lowest BCUT2D eigenvalue weighted by Gasteiger charge is -2.43. The molecule has 0 aliphatic heterocycles. The van der Waals surface area contributed by atoms with E-state index in [1.54, 1.807) is 6.08 Å². The lowest BCUT2D eigenvalue weighted by atomic mass is 9.85. The van der Waals surface area contributed by atoms with Crippen LogP contribution in [0.2, 0.25) is 0 Å². The summed E-state index contributed by atoms with van der Waals surface area (Å²) in [6.07, 6.45) is 4.30. The van der Waals surface area contributed by atoms with Gasteiger partial charge in [-0.3, -0.25) is 9.36 Å². The zero-order valence-electron chi connectivity index (χ0n) is 22.2. The molecule has 1 fully saturated rings. The van der Waals surface area contributed by atoms with Crippen LogP contribution in [0.3, 0.4) is 0 Å². The minimum absolute atomic E-state index is 0.272. The number of aliphatic hydroxyl groups excluding tert-OH is 6. The number of phosphoric ester groups is 1. The Morgan fingerprint density at radius 1 is 0.842 bits per heavy atom. The van der Waals surface area contributed by atoms with E-state index in [2.05, 4.69) is 16.8 Å². The second kappa shape index (κ2) is 19.2. The fourth-order valence-corrected chi connectivity index (χ4v) is 5.25. The molecule has 0 aromatic rings. The minimum atomic E-state index is -5.25. The molecule has 0 saturated heterocycles. The number of phosphoric acid groups is 1. The van der Waals surface area contributed by atoms with Gasteiger partial charge in [0.15, 0.2) is 0 Å². The Balaban J connectivity index is 2.38. The third-order valence-corrected chi connectivity index (χ3v) is 7.70. The lowest BCUT2D eigenvalue weighted by Crippen LogP contribution is -2.64. The van der Waals surface area contributed by atoms with Crippen LogP contribution < -0.4 is 10.2 Å². The Bertz CT molecular complexity index is 697. The third kappa shape index (κ3) is 13.0. The van der Waals surface area contributed by atoms with Crippen LogP contribution in [0.1, 0.15) is 84.0 Å². The SMILES string of the molecule is CCCCCCCCCCCCC/C=C/[C@@H](O)[C@H](COP(=O)([O-])OC1[C@H](O)[C@H](O)C(O)[C@H](O)[C@H]1O)NC=O. The average molecular weight is 569 g/mol. The highest BCUT2D eigenvalue weighted by atomic mass is 31.2. The summed E-state index contributed by atoms with van der Waals surface area (Å²) < 4.78 is 21.5. The maximum absolute atomic E-state index is 12.2. The number of nitrogens with one attached hydrogen (secondary N) is 1. The molecule has 13 heteroatoms. The highest BCUT2D eigenvalue weighted by Crippen LogP contribution is 2.43. The Morgan fingerprint density at radius 3 is 1.82 bits per heavy atom. The van der Waals surface area contributed by atoms with Crippen molar-refractivity contribution in [2.75, 3.05) is 6.61 Å². The molecular weight excluding hydrogens is 521 g/mol. The zero-order chi connectivity index (χ0) is 28.6. The second-order valence-corrected chi connectivity index (χ2v) is 11.3. The maximum atomic E-state index is 12.2. The van der Waals surface area contributed by atoms with Crippen molar-refractivity contribution in [3.8, 4) is 0 Å². The molecule has 1 saturated carbocycles. The first-order valence-corrected chi connectivity index (χ1v) is 15.1. The van der Waals surface area contributed by atoms with Crippen molar-refractivity contribution in [2.45, 2.75) is 133 Å². The minimum Gasteiger partial charge on any atom is -0.756 e. The van der Waals surface area contributed by atoms with E-state index in [0.717, 1.165) is 19.3 Å². The van der Waals surface area contributed by atoms with Gasteiger partial charge in [0.2, 0.25) is 6.41 Å². The van der Waals surface area contributed by atoms with E-state index >= 15 is 0 Å². The van der Waals surface area contributed by atoms with Crippen molar-refractivity contribution >= 4 is 14.2 Å². The summed E-state index contributed by atoms with van der Waals surface area (Å²) >= 11 is 0. The number of aliphatic hydroxyl groups is 6. The standard InChI is InChI=1S/C25H48NO11P/c1-2-3-4-5-6-7-8-9-10-11-12-13-14-15-19(28)18(26-17-27)16-36-38(34,35)37-25-23(32)21(30)20(29)22(31)24(25)33/h14-15,17-25,28-33H,2-13,16H2,1H3,(H,26,27)(H,34,35)/p-1/b15-14+/t18-,19+,20?,21-,22+,23+,24+,25?/m0/s1. The number of allylic oxidation sites excluding steroid dienone is 1. The van der Waals surface area contributed by atoms with Gasteiger partial charge in [0.1, 0.15) is 36.6 Å². The molecule has 1 amide bonds. The van der Waals surface area contributed by atoms with Crippen LogP contribution in [-0.2, 0) is 18.4 Å². The molecule has 0 radical (unpaired) electrons. The first kappa shape index (κ1) is 35.1. The van der Waals surface area contributed by atoms with Crippen molar-refractivity contribution < 1.29 is 53.9 Å². The molecule has 7 N–H and O–H groups in total. The lowest BCUT2D eigenvalue weighted by molar-refractivity contribution is -0.260. The maximum Gasteiger partial charge on any atom is 0.268 e. The van der Waals surface area contributed by atoms with Crippen LogP contribution in [0.25, 0.3) is 0 Å². The summed E-state index contributed by atoms with van der Waals surface area (Å²) in [6.45, 7) is 1.49. The molecule has 38 heavy (non-hydrogen) atoms. The van der Waals surface area contributed by atoms with Gasteiger partial charge in [-0.25, -0.2) is 0 Å². The summed E-state index contributed by atoms with van der Waals surface area (Å²) in [4.78, 5) is 23.1. The molecule has 9 atom stereocenters. The van der Waals surface area contributed by atoms with E-state index in [9.17, 15) is 44.9 Å². The highest BCUT2D eigenvalue weighted by molar-refractivity contribution is 7.45. The van der Waals surface area contributed by atoms with Gasteiger partial charge in [-0.2, -0.15) is 0 Å². The van der Waals surface area contributed by atoms with Crippen LogP contribution in [0.4, 0.5) is 0 Å². The van der Waals surface area contributed by atoms with Gasteiger partial charge in [0, 0.05) is 0 Å². The number of carbonyl (C=O) groups excluding carboxylic acids is 1. The molecule has 1 aliphatic carbocycles. The first-order valence-electron chi connectivity index (χ1n) is 13.6. The van der Waals surface area contributed by atoms with Gasteiger partial charge in [0.25, 0.3) is 7.82 Å². The Labute approximate surface area is 225 Å². The van der Waals surface area contributed by atoms with Gasteiger partial charge in [-0.05, 0) is 12.8 Å². The van der Waals surface area contributed by atoms with Crippen molar-refractivity contribution in [1.29, 1.82) is 0 Å². The molecule has 3 unspecified atom stereocenters. The molecular formula is C25H47NO11P-. The highest BCUT2D eigenvalue weighted by Gasteiger charge is 2.50. The van der Waals surface area contributed by atoms with Crippen LogP contribution >= 0.6 is 7.82 Å². The number of unbranched alkanes of at least 4 members (excludes halogenated alkanes) is 11. The van der Waals surface area contributed by atoms with Crippen molar-refractivity contribution in [3.63, 3.8) is 0 Å². The van der Waals surface area contributed by atoms with Crippen molar-refractivity contribution in [3.05, 3.63) is 12.2 Å². The summed E-state index contributed by atoms with van der Waals surface area (Å²) in [6, 6.07) is -1.15. The average Bonchev–Trinajstić information content (AvgIpc) is 2.89. The van der Waals surface area contributed by atoms with Crippen molar-refractivity contribution in [2.24, 2.45) is 0 Å². The molecule has 224 valence electrons. The first-order chi connectivity index (χ1) is 18.1. The normalized spacial score (nSPS) is 29.2. The van der Waals surface area contributed by atoms with E-state index < -0.39 is 63.2 Å². The molecule has 1 aliphatic rings. The molecule has 0 spiro atoms. The quantitative estimate of drug-likeness (QED) is 0.0436. The van der Waals surface area contributed by atoms with Gasteiger partial charge in [-0.15, -0.1) is 0 Å². The van der Waals surface area contributed by atoms with Crippen LogP contribution in [-0.4, -0.2) is 92.4 Å². The number of rotatable bonds is 21. The number of hydrogen-bond acceptors (Lipinski definition) is 11. The fraction of sp³-hybridized carbons (Fsp3) is 0.880. The van der Waals surface area contributed by atoms with Gasteiger partial charge < -0.3 is 49.9 Å². The van der Waals surface area contributed by atoms with Gasteiger partial charge in [-0.1, -0.05) is 83.3 Å². The largest absolute Gasteiger partial charge is 0.756 e. The van der Waals surface area contributed by atoms with Gasteiger partial charge >= 0.3 is 0 Å². The smallest absolute Gasteiger partial charge is 0.268 e. The van der Waals surface area contributed by atoms with Crippen LogP contribution in [0.15, 0.2) is 12.2 Å². The molecule has 12 nitrogen and oxygen atoms in total. The number of carbonyl (C=O) groups is 1. The molecule has 1 rings (SSSR count). The second-order valence-electron chi connectivity index (χ2n) is 9.90. The number of hydrogen-bond donors (Lipinski definition) is 7. The Kier molecular flexibility index (Phi) is 17.7. The molecule has 0 aromatic carbocycles. The zero-order valence-corrected chi connectivity index (χ0v) is 23.1. The predicted molar refractivity (Wildman–Crippen MR) is 138 cm³/mol. The third-order valence-electron chi connectivity index (χ3n) is 6.74. The summed E-state index contributed by atoms with van der Waals surface area (Å²) in [7, 11) is -5.25. The van der Waals surface area contributed by atoms with Crippen molar-refractivity contribution in [1.82, 2.24) is 5.32 Å². The molecule has 0 heterocycles.